The number of nitrogens with zero attached hydrogens (tertiary/aromatic N) is 2. The van der Waals surface area contributed by atoms with Crippen molar-refractivity contribution < 1.29 is 14.6 Å². The first-order chi connectivity index (χ1) is 13.9. The highest BCUT2D eigenvalue weighted by Crippen LogP contribution is 2.27. The van der Waals surface area contributed by atoms with E-state index in [1.54, 1.807) is 0 Å². The lowest BCUT2D eigenvalue weighted by Gasteiger charge is -2.13. The summed E-state index contributed by atoms with van der Waals surface area (Å²) >= 11 is 0. The van der Waals surface area contributed by atoms with Crippen LogP contribution in [0.2, 0.25) is 0 Å². The molecule has 5 nitrogen and oxygen atoms in total. The predicted octanol–water partition coefficient (Wildman–Crippen LogP) is 5.64. The first-order valence-electron chi connectivity index (χ1n) is 9.93. The van der Waals surface area contributed by atoms with Crippen molar-refractivity contribution in [2.45, 2.75) is 52.7 Å². The van der Waals surface area contributed by atoms with Crippen LogP contribution in [0.5, 0.6) is 5.75 Å². The van der Waals surface area contributed by atoms with Crippen LogP contribution in [0.4, 0.5) is 0 Å². The third-order valence-corrected chi connectivity index (χ3v) is 5.06. The zero-order valence-corrected chi connectivity index (χ0v) is 17.4. The average molecular weight is 392 g/mol. The van der Waals surface area contributed by atoms with E-state index in [0.717, 1.165) is 27.8 Å². The van der Waals surface area contributed by atoms with Crippen molar-refractivity contribution in [3.05, 3.63) is 71.4 Å². The molecule has 0 aliphatic heterocycles. The van der Waals surface area contributed by atoms with Crippen LogP contribution < -0.4 is 4.74 Å². The molecule has 1 atom stereocenters. The average Bonchev–Trinajstić information content (AvgIpc) is 3.14. The Morgan fingerprint density at radius 2 is 1.93 bits per heavy atom. The molecule has 5 heteroatoms. The Balaban J connectivity index is 1.77. The molecule has 0 aliphatic carbocycles. The second-order valence-corrected chi connectivity index (χ2v) is 7.57. The van der Waals surface area contributed by atoms with E-state index in [9.17, 15) is 4.79 Å². The smallest absolute Gasteiger partial charge is 0.304 e. The quantitative estimate of drug-likeness (QED) is 0.504. The number of allylic oxidation sites excluding steroid dienone is 2. The maximum Gasteiger partial charge on any atom is 0.304 e. The highest BCUT2D eigenvalue weighted by molar-refractivity contribution is 5.85. The number of benzene rings is 2. The lowest BCUT2D eigenvalue weighted by Crippen LogP contribution is -2.04. The van der Waals surface area contributed by atoms with E-state index in [-0.39, 0.29) is 12.3 Å². The molecule has 1 aromatic heterocycles. The molecular formula is C24H28N2O3. The summed E-state index contributed by atoms with van der Waals surface area (Å²) in [6, 6.07) is 12.2. The van der Waals surface area contributed by atoms with Gasteiger partial charge < -0.3 is 9.84 Å². The molecule has 3 aromatic rings. The molecule has 0 saturated heterocycles. The number of aromatic nitrogens is 2. The molecule has 0 saturated carbocycles. The molecule has 1 heterocycles. The van der Waals surface area contributed by atoms with E-state index in [1.807, 2.05) is 54.2 Å². The summed E-state index contributed by atoms with van der Waals surface area (Å²) in [5, 5.41) is 14.8. The number of carboxylic acids is 1. The third kappa shape index (κ3) is 4.67. The monoisotopic (exact) mass is 392 g/mol. The normalized spacial score (nSPS) is 12.7. The lowest BCUT2D eigenvalue weighted by molar-refractivity contribution is -0.137. The molecule has 29 heavy (non-hydrogen) atoms. The summed E-state index contributed by atoms with van der Waals surface area (Å²) in [7, 11) is 0. The van der Waals surface area contributed by atoms with E-state index >= 15 is 0 Å². The zero-order valence-electron chi connectivity index (χ0n) is 17.4. The zero-order chi connectivity index (χ0) is 21.0. The minimum atomic E-state index is -0.807. The second-order valence-electron chi connectivity index (χ2n) is 7.57. The van der Waals surface area contributed by atoms with Crippen molar-refractivity contribution in [2.24, 2.45) is 0 Å². The summed E-state index contributed by atoms with van der Waals surface area (Å²) in [6.07, 6.45) is 5.79. The van der Waals surface area contributed by atoms with Gasteiger partial charge in [-0.3, -0.25) is 9.48 Å². The first-order valence-corrected chi connectivity index (χ1v) is 9.93. The Bertz CT molecular complexity index is 1020. The van der Waals surface area contributed by atoms with Gasteiger partial charge in [0.2, 0.25) is 0 Å². The Kier molecular flexibility index (Phi) is 6.37. The van der Waals surface area contributed by atoms with E-state index in [1.165, 1.54) is 5.56 Å². The van der Waals surface area contributed by atoms with Crippen LogP contribution in [-0.2, 0) is 11.4 Å². The number of carbonyl (C=O) groups is 1. The fraction of sp³-hybridized carbons (Fsp3) is 0.333. The van der Waals surface area contributed by atoms with Gasteiger partial charge in [-0.25, -0.2) is 0 Å². The van der Waals surface area contributed by atoms with Crippen molar-refractivity contribution in [3.63, 3.8) is 0 Å². The van der Waals surface area contributed by atoms with Crippen LogP contribution in [0.3, 0.4) is 0 Å². The number of hydrogen-bond acceptors (Lipinski definition) is 3. The summed E-state index contributed by atoms with van der Waals surface area (Å²) < 4.78 is 8.06. The van der Waals surface area contributed by atoms with Gasteiger partial charge in [-0.1, -0.05) is 36.4 Å². The van der Waals surface area contributed by atoms with E-state index < -0.39 is 5.97 Å². The molecule has 152 valence electrons. The van der Waals surface area contributed by atoms with E-state index in [2.05, 4.69) is 38.0 Å². The van der Waals surface area contributed by atoms with Crippen LogP contribution in [-0.4, -0.2) is 20.9 Å². The Labute approximate surface area is 171 Å². The molecule has 0 radical (unpaired) electrons. The summed E-state index contributed by atoms with van der Waals surface area (Å²) in [5.41, 5.74) is 4.42. The number of carboxylic acid groups (broad SMARTS) is 1. The number of rotatable bonds is 8. The SMILES string of the molecule is CC=C[C@H](CC(=O)O)c1ccc(OCc2ccc(C)c3c2cnn3C(C)C)cc1. The van der Waals surface area contributed by atoms with E-state index in [4.69, 9.17) is 9.84 Å². The highest BCUT2D eigenvalue weighted by Gasteiger charge is 2.14. The molecule has 0 fully saturated rings. The molecule has 0 aliphatic rings. The van der Waals surface area contributed by atoms with Crippen LogP contribution in [0, 0.1) is 6.92 Å². The Morgan fingerprint density at radius 3 is 2.55 bits per heavy atom. The van der Waals surface area contributed by atoms with Gasteiger partial charge in [-0.15, -0.1) is 0 Å². The fourth-order valence-electron chi connectivity index (χ4n) is 3.59. The van der Waals surface area contributed by atoms with Crippen molar-refractivity contribution in [1.82, 2.24) is 9.78 Å². The minimum Gasteiger partial charge on any atom is -0.489 e. The molecule has 1 N–H and O–H groups in total. The molecular weight excluding hydrogens is 364 g/mol. The number of fused-ring (bicyclic) bond motifs is 1. The maximum atomic E-state index is 11.1. The molecule has 0 amide bonds. The molecule has 2 aromatic carbocycles. The number of aryl methyl sites for hydroxylation is 1. The molecule has 0 unspecified atom stereocenters. The van der Waals surface area contributed by atoms with Crippen LogP contribution >= 0.6 is 0 Å². The lowest BCUT2D eigenvalue weighted by atomic mass is 9.95. The standard InChI is InChI=1S/C24H28N2O3/c1-5-6-19(13-23(27)28)18-9-11-21(12-10-18)29-15-20-8-7-17(4)24-22(20)14-25-26(24)16(2)3/h5-12,14,16,19H,13,15H2,1-4H3,(H,27,28)/t19-/m1/s1. The first kappa shape index (κ1) is 20.6. The van der Waals surface area contributed by atoms with Crippen molar-refractivity contribution in [3.8, 4) is 5.75 Å². The fourth-order valence-corrected chi connectivity index (χ4v) is 3.59. The van der Waals surface area contributed by atoms with Gasteiger partial charge in [0.1, 0.15) is 12.4 Å². The third-order valence-electron chi connectivity index (χ3n) is 5.06. The van der Waals surface area contributed by atoms with Gasteiger partial charge in [-0.2, -0.15) is 5.10 Å². The van der Waals surface area contributed by atoms with Crippen LogP contribution in [0.25, 0.3) is 10.9 Å². The molecule has 3 rings (SSSR count). The number of aliphatic carboxylic acids is 1. The van der Waals surface area contributed by atoms with Gasteiger partial charge in [0.05, 0.1) is 18.1 Å². The van der Waals surface area contributed by atoms with Gasteiger partial charge in [0.15, 0.2) is 0 Å². The minimum absolute atomic E-state index is 0.0751. The van der Waals surface area contributed by atoms with Crippen molar-refractivity contribution in [2.75, 3.05) is 0 Å². The topological polar surface area (TPSA) is 64.3 Å². The highest BCUT2D eigenvalue weighted by atomic mass is 16.5. The van der Waals surface area contributed by atoms with Gasteiger partial charge in [-0.05, 0) is 51.0 Å². The number of hydrogen-bond donors (Lipinski definition) is 1. The Hall–Kier alpha value is -3.08. The Morgan fingerprint density at radius 1 is 1.21 bits per heavy atom. The predicted molar refractivity (Wildman–Crippen MR) is 115 cm³/mol. The van der Waals surface area contributed by atoms with Gasteiger partial charge >= 0.3 is 5.97 Å². The summed E-state index contributed by atoms with van der Waals surface area (Å²) in [6.45, 7) is 8.71. The van der Waals surface area contributed by atoms with Crippen molar-refractivity contribution >= 4 is 16.9 Å². The summed E-state index contributed by atoms with van der Waals surface area (Å²) in [5.74, 6) is -0.183. The second kappa shape index (κ2) is 8.95. The van der Waals surface area contributed by atoms with Gasteiger partial charge in [0, 0.05) is 22.9 Å². The van der Waals surface area contributed by atoms with Crippen LogP contribution in [0.1, 0.15) is 55.8 Å². The van der Waals surface area contributed by atoms with Gasteiger partial charge in [0.25, 0.3) is 0 Å². The molecule has 0 spiro atoms. The van der Waals surface area contributed by atoms with Crippen molar-refractivity contribution in [1.29, 1.82) is 0 Å². The summed E-state index contributed by atoms with van der Waals surface area (Å²) in [4.78, 5) is 11.1. The number of ether oxygens (including phenoxy) is 1. The van der Waals surface area contributed by atoms with Crippen LogP contribution in [0.15, 0.2) is 54.7 Å². The van der Waals surface area contributed by atoms with E-state index in [0.29, 0.717) is 12.6 Å². The molecule has 0 bridgehead atoms. The maximum absolute atomic E-state index is 11.1. The largest absolute Gasteiger partial charge is 0.489 e.